The molecule has 2 aromatic rings. The summed E-state index contributed by atoms with van der Waals surface area (Å²) in [5.74, 6) is 0.422. The zero-order valence-electron chi connectivity index (χ0n) is 9.11. The average molecular weight is 247 g/mol. The Labute approximate surface area is 104 Å². The number of nitrogens with zero attached hydrogens (tertiary/aromatic N) is 1. The fraction of sp³-hybridized carbons (Fsp3) is 0.0769. The molecule has 0 bridgehead atoms. The van der Waals surface area contributed by atoms with Gasteiger partial charge in [-0.25, -0.2) is 0 Å². The molecule has 0 aliphatic rings. The first-order valence-corrected chi connectivity index (χ1v) is 5.30. The Hall–Kier alpha value is -1.87. The lowest BCUT2D eigenvalue weighted by Gasteiger charge is -2.03. The molecular weight excluding hydrogens is 238 g/mol. The smallest absolute Gasteiger partial charge is 0.212 e. The van der Waals surface area contributed by atoms with Crippen LogP contribution in [-0.2, 0) is 0 Å². The van der Waals surface area contributed by atoms with Crippen molar-refractivity contribution in [2.24, 2.45) is 0 Å². The highest BCUT2D eigenvalue weighted by atomic mass is 35.5. The van der Waals surface area contributed by atoms with E-state index in [1.54, 1.807) is 31.4 Å². The number of pyridine rings is 1. The van der Waals surface area contributed by atoms with Crippen LogP contribution in [0.3, 0.4) is 0 Å². The molecule has 1 radical (unpaired) electrons. The molecule has 0 saturated heterocycles. The Bertz CT molecular complexity index is 537. The summed E-state index contributed by atoms with van der Waals surface area (Å²) in [7, 11) is 1.55. The van der Waals surface area contributed by atoms with E-state index in [9.17, 15) is 4.79 Å². The number of hydrogen-bond donors (Lipinski definition) is 0. The van der Waals surface area contributed by atoms with Gasteiger partial charge < -0.3 is 4.74 Å². The van der Waals surface area contributed by atoms with Crippen LogP contribution >= 0.6 is 11.6 Å². The van der Waals surface area contributed by atoms with Crippen LogP contribution in [0.2, 0.25) is 5.02 Å². The van der Waals surface area contributed by atoms with Gasteiger partial charge in [0, 0.05) is 17.8 Å². The lowest BCUT2D eigenvalue weighted by molar-refractivity contribution is 0.103. The molecule has 0 fully saturated rings. The zero-order chi connectivity index (χ0) is 12.3. The van der Waals surface area contributed by atoms with Gasteiger partial charge in [0.2, 0.25) is 5.78 Å². The van der Waals surface area contributed by atoms with Gasteiger partial charge >= 0.3 is 0 Å². The Morgan fingerprint density at radius 1 is 1.47 bits per heavy atom. The highest BCUT2D eigenvalue weighted by Crippen LogP contribution is 2.16. The van der Waals surface area contributed by atoms with Crippen LogP contribution in [0.5, 0.6) is 5.75 Å². The molecule has 0 N–H and O–H groups in total. The van der Waals surface area contributed by atoms with Crippen LogP contribution < -0.4 is 4.74 Å². The molecule has 0 aliphatic carbocycles. The molecule has 0 amide bonds. The summed E-state index contributed by atoms with van der Waals surface area (Å²) in [4.78, 5) is 16.0. The third-order valence-corrected chi connectivity index (χ3v) is 2.42. The molecule has 0 unspecified atom stereocenters. The van der Waals surface area contributed by atoms with E-state index in [1.165, 1.54) is 12.3 Å². The molecule has 2 rings (SSSR count). The molecule has 85 valence electrons. The average Bonchev–Trinajstić information content (AvgIpc) is 2.39. The fourth-order valence-electron chi connectivity index (χ4n) is 1.36. The van der Waals surface area contributed by atoms with Gasteiger partial charge in [-0.2, -0.15) is 0 Å². The first-order chi connectivity index (χ1) is 8.20. The zero-order valence-corrected chi connectivity index (χ0v) is 9.86. The van der Waals surface area contributed by atoms with Crippen LogP contribution in [0.1, 0.15) is 16.1 Å². The van der Waals surface area contributed by atoms with E-state index in [1.807, 2.05) is 0 Å². The van der Waals surface area contributed by atoms with E-state index in [2.05, 4.69) is 11.1 Å². The van der Waals surface area contributed by atoms with Crippen LogP contribution in [0.15, 0.2) is 36.5 Å². The van der Waals surface area contributed by atoms with E-state index in [0.717, 1.165) is 0 Å². The Morgan fingerprint density at radius 2 is 2.29 bits per heavy atom. The molecule has 0 saturated carbocycles. The summed E-state index contributed by atoms with van der Waals surface area (Å²) in [5.41, 5.74) is 0.748. The van der Waals surface area contributed by atoms with Gasteiger partial charge in [0.1, 0.15) is 11.4 Å². The molecule has 0 atom stereocenters. The topological polar surface area (TPSA) is 39.2 Å². The molecular formula is C13H9ClNO2. The summed E-state index contributed by atoms with van der Waals surface area (Å²) in [5, 5.41) is 0.451. The molecule has 1 aromatic heterocycles. The maximum absolute atomic E-state index is 12.0. The van der Waals surface area contributed by atoms with Crippen LogP contribution in [0.4, 0.5) is 0 Å². The number of ketones is 1. The highest BCUT2D eigenvalue weighted by Gasteiger charge is 2.11. The van der Waals surface area contributed by atoms with Crippen molar-refractivity contribution in [2.45, 2.75) is 0 Å². The maximum Gasteiger partial charge on any atom is 0.212 e. The van der Waals surface area contributed by atoms with Crippen molar-refractivity contribution in [1.29, 1.82) is 0 Å². The molecule has 4 heteroatoms. The van der Waals surface area contributed by atoms with Crippen molar-refractivity contribution in [2.75, 3.05) is 7.11 Å². The van der Waals surface area contributed by atoms with E-state index in [4.69, 9.17) is 16.3 Å². The van der Waals surface area contributed by atoms with Crippen molar-refractivity contribution >= 4 is 17.4 Å². The summed E-state index contributed by atoms with van der Waals surface area (Å²) in [6.45, 7) is 0. The summed E-state index contributed by atoms with van der Waals surface area (Å²) in [6.07, 6.45) is 1.42. The largest absolute Gasteiger partial charge is 0.497 e. The van der Waals surface area contributed by atoms with Crippen molar-refractivity contribution in [3.8, 4) is 5.75 Å². The highest BCUT2D eigenvalue weighted by molar-refractivity contribution is 6.30. The monoisotopic (exact) mass is 246 g/mol. The van der Waals surface area contributed by atoms with E-state index < -0.39 is 0 Å². The van der Waals surface area contributed by atoms with Crippen molar-refractivity contribution < 1.29 is 9.53 Å². The van der Waals surface area contributed by atoms with Crippen molar-refractivity contribution in [3.05, 3.63) is 58.9 Å². The van der Waals surface area contributed by atoms with Gasteiger partial charge in [-0.3, -0.25) is 9.78 Å². The number of carbonyl (C=O) groups excluding carboxylic acids is 1. The number of rotatable bonds is 3. The minimum Gasteiger partial charge on any atom is -0.497 e. The predicted molar refractivity (Wildman–Crippen MR) is 64.5 cm³/mol. The van der Waals surface area contributed by atoms with Crippen LogP contribution in [0, 0.1) is 6.07 Å². The number of hydrogen-bond acceptors (Lipinski definition) is 3. The molecule has 0 spiro atoms. The first kappa shape index (κ1) is 11.6. The van der Waals surface area contributed by atoms with Gasteiger partial charge in [0.25, 0.3) is 0 Å². The third-order valence-electron chi connectivity index (χ3n) is 2.21. The standard InChI is InChI=1S/C13H9ClNO2/c1-17-11-4-2-3-9(7-11)13(16)12-6-5-10(14)8-15-12/h2-5,7-8H,1H3. The van der Waals surface area contributed by atoms with Crippen LogP contribution in [0.25, 0.3) is 0 Å². The third kappa shape index (κ3) is 2.63. The Balaban J connectivity index is 2.33. The lowest BCUT2D eigenvalue weighted by atomic mass is 10.1. The number of benzene rings is 1. The number of aromatic nitrogens is 1. The van der Waals surface area contributed by atoms with Crippen LogP contribution in [-0.4, -0.2) is 17.9 Å². The fourth-order valence-corrected chi connectivity index (χ4v) is 1.47. The lowest BCUT2D eigenvalue weighted by Crippen LogP contribution is -2.04. The molecule has 0 aliphatic heterocycles. The Morgan fingerprint density at radius 3 is 2.94 bits per heavy atom. The molecule has 1 heterocycles. The maximum atomic E-state index is 12.0. The predicted octanol–water partition coefficient (Wildman–Crippen LogP) is 2.77. The quantitative estimate of drug-likeness (QED) is 0.782. The number of halogens is 1. The normalized spacial score (nSPS) is 10.0. The van der Waals surface area contributed by atoms with E-state index >= 15 is 0 Å². The summed E-state index contributed by atoms with van der Waals surface area (Å²) < 4.78 is 5.06. The first-order valence-electron chi connectivity index (χ1n) is 4.92. The number of methoxy groups -OCH3 is 1. The van der Waals surface area contributed by atoms with Gasteiger partial charge in [0.05, 0.1) is 12.1 Å². The van der Waals surface area contributed by atoms with E-state index in [0.29, 0.717) is 16.3 Å². The summed E-state index contributed by atoms with van der Waals surface area (Å²) in [6, 6.07) is 11.1. The van der Waals surface area contributed by atoms with Crippen molar-refractivity contribution in [3.63, 3.8) is 0 Å². The van der Waals surface area contributed by atoms with Gasteiger partial charge in [-0.15, -0.1) is 0 Å². The van der Waals surface area contributed by atoms with Gasteiger partial charge in [-0.05, 0) is 18.2 Å². The molecule has 1 aromatic carbocycles. The molecule has 17 heavy (non-hydrogen) atoms. The summed E-state index contributed by atoms with van der Waals surface area (Å²) >= 11 is 5.68. The SMILES string of the molecule is COc1cccc(C(=O)c2[c]cc(Cl)cn2)c1. The number of ether oxygens (including phenoxy) is 1. The van der Waals surface area contributed by atoms with E-state index in [-0.39, 0.29) is 11.5 Å². The minimum atomic E-state index is -0.208. The second kappa shape index (κ2) is 4.97. The number of carbonyl (C=O) groups is 1. The second-order valence-electron chi connectivity index (χ2n) is 3.34. The van der Waals surface area contributed by atoms with Gasteiger partial charge in [0.15, 0.2) is 0 Å². The van der Waals surface area contributed by atoms with Crippen molar-refractivity contribution in [1.82, 2.24) is 4.98 Å². The second-order valence-corrected chi connectivity index (χ2v) is 3.78. The van der Waals surface area contributed by atoms with Gasteiger partial charge in [-0.1, -0.05) is 23.7 Å². The molecule has 3 nitrogen and oxygen atoms in total. The Kier molecular flexibility index (Phi) is 3.40. The minimum absolute atomic E-state index is 0.208.